The molecule has 2 rings (SSSR count). The van der Waals surface area contributed by atoms with Gasteiger partial charge in [-0.2, -0.15) is 0 Å². The van der Waals surface area contributed by atoms with Crippen molar-refractivity contribution in [2.24, 2.45) is 0 Å². The van der Waals surface area contributed by atoms with Crippen LogP contribution in [0, 0.1) is 0 Å². The van der Waals surface area contributed by atoms with Crippen molar-refractivity contribution < 1.29 is 9.90 Å². The highest BCUT2D eigenvalue weighted by Crippen LogP contribution is 2.19. The van der Waals surface area contributed by atoms with Crippen molar-refractivity contribution in [3.05, 3.63) is 23.9 Å². The van der Waals surface area contributed by atoms with Crippen LogP contribution in [0.3, 0.4) is 0 Å². The summed E-state index contributed by atoms with van der Waals surface area (Å²) in [6, 6.07) is 4.92. The molecule has 1 aliphatic heterocycles. The Morgan fingerprint density at radius 2 is 2.44 bits per heavy atom. The quantitative estimate of drug-likeness (QED) is 0.750. The Bertz CT molecular complexity index is 395. The molecule has 1 aromatic heterocycles. The number of carbonyl (C=O) groups is 1. The number of hydrogen-bond acceptors (Lipinski definition) is 4. The van der Waals surface area contributed by atoms with Crippen molar-refractivity contribution in [1.82, 2.24) is 9.88 Å². The van der Waals surface area contributed by atoms with Gasteiger partial charge in [-0.1, -0.05) is 6.07 Å². The maximum absolute atomic E-state index is 12.1. The van der Waals surface area contributed by atoms with Gasteiger partial charge in [-0.05, 0) is 25.0 Å². The van der Waals surface area contributed by atoms with Crippen LogP contribution in [-0.2, 0) is 0 Å². The molecule has 1 saturated heterocycles. The lowest BCUT2D eigenvalue weighted by Crippen LogP contribution is -2.38. The zero-order chi connectivity index (χ0) is 11.5. The van der Waals surface area contributed by atoms with Gasteiger partial charge in [-0.25, -0.2) is 4.98 Å². The lowest BCUT2D eigenvalue weighted by Gasteiger charge is -2.22. The largest absolute Gasteiger partial charge is 0.394 e. The Morgan fingerprint density at radius 1 is 1.62 bits per heavy atom. The van der Waals surface area contributed by atoms with Crippen molar-refractivity contribution >= 4 is 11.7 Å². The predicted molar refractivity (Wildman–Crippen MR) is 59.8 cm³/mol. The van der Waals surface area contributed by atoms with E-state index in [0.29, 0.717) is 18.1 Å². The smallest absolute Gasteiger partial charge is 0.272 e. The summed E-state index contributed by atoms with van der Waals surface area (Å²) in [7, 11) is 0. The topological polar surface area (TPSA) is 79.5 Å². The lowest BCUT2D eigenvalue weighted by molar-refractivity contribution is 0.0672. The number of aromatic nitrogens is 1. The summed E-state index contributed by atoms with van der Waals surface area (Å²) in [5, 5.41) is 9.15. The minimum atomic E-state index is -0.149. The van der Waals surface area contributed by atoms with Crippen molar-refractivity contribution in [2.45, 2.75) is 18.9 Å². The standard InChI is InChI=1S/C11H15N3O2/c12-10-5-1-4-9(13-10)11(16)14-6-2-3-8(14)7-15/h1,4-5,8,15H,2-3,6-7H2,(H2,12,13). The number of carbonyl (C=O) groups excluding carboxylic acids is 1. The van der Waals surface area contributed by atoms with E-state index < -0.39 is 0 Å². The average Bonchev–Trinajstić information content (AvgIpc) is 2.76. The van der Waals surface area contributed by atoms with E-state index in [4.69, 9.17) is 10.8 Å². The number of pyridine rings is 1. The van der Waals surface area contributed by atoms with E-state index >= 15 is 0 Å². The molecule has 1 aromatic rings. The number of anilines is 1. The highest BCUT2D eigenvalue weighted by Gasteiger charge is 2.29. The van der Waals surface area contributed by atoms with E-state index in [9.17, 15) is 4.79 Å². The van der Waals surface area contributed by atoms with Gasteiger partial charge in [0.15, 0.2) is 0 Å². The molecule has 16 heavy (non-hydrogen) atoms. The third kappa shape index (κ3) is 1.99. The SMILES string of the molecule is Nc1cccc(C(=O)N2CCCC2CO)n1. The van der Waals surface area contributed by atoms with Crippen LogP contribution in [0.25, 0.3) is 0 Å². The van der Waals surface area contributed by atoms with Gasteiger partial charge in [-0.3, -0.25) is 4.79 Å². The van der Waals surface area contributed by atoms with Crippen LogP contribution in [0.2, 0.25) is 0 Å². The number of amides is 1. The fourth-order valence-corrected chi connectivity index (χ4v) is 2.01. The molecular weight excluding hydrogens is 206 g/mol. The molecule has 5 heteroatoms. The van der Waals surface area contributed by atoms with Crippen molar-refractivity contribution in [2.75, 3.05) is 18.9 Å². The summed E-state index contributed by atoms with van der Waals surface area (Å²) < 4.78 is 0. The summed E-state index contributed by atoms with van der Waals surface area (Å²) in [6.45, 7) is 0.689. The number of aliphatic hydroxyl groups is 1. The first-order valence-electron chi connectivity index (χ1n) is 5.36. The van der Waals surface area contributed by atoms with Gasteiger partial charge in [-0.15, -0.1) is 0 Å². The first-order valence-corrected chi connectivity index (χ1v) is 5.36. The molecule has 1 aliphatic rings. The molecule has 1 atom stereocenters. The Kier molecular flexibility index (Phi) is 3.05. The first kappa shape index (κ1) is 10.9. The number of likely N-dealkylation sites (tertiary alicyclic amines) is 1. The molecule has 0 aliphatic carbocycles. The van der Waals surface area contributed by atoms with Gasteiger partial charge in [0.25, 0.3) is 5.91 Å². The first-order chi connectivity index (χ1) is 7.72. The molecule has 2 heterocycles. The Labute approximate surface area is 93.9 Å². The van der Waals surface area contributed by atoms with Gasteiger partial charge < -0.3 is 15.7 Å². The Morgan fingerprint density at radius 3 is 3.12 bits per heavy atom. The van der Waals surface area contributed by atoms with Crippen molar-refractivity contribution in [1.29, 1.82) is 0 Å². The zero-order valence-corrected chi connectivity index (χ0v) is 8.97. The summed E-state index contributed by atoms with van der Waals surface area (Å²) in [5.74, 6) is 0.189. The average molecular weight is 221 g/mol. The summed E-state index contributed by atoms with van der Waals surface area (Å²) in [4.78, 5) is 17.7. The maximum atomic E-state index is 12.1. The molecule has 0 saturated carbocycles. The number of nitrogens with zero attached hydrogens (tertiary/aromatic N) is 2. The van der Waals surface area contributed by atoms with Gasteiger partial charge in [0.2, 0.25) is 0 Å². The fourth-order valence-electron chi connectivity index (χ4n) is 2.01. The van der Waals surface area contributed by atoms with Crippen LogP contribution in [-0.4, -0.2) is 40.1 Å². The number of rotatable bonds is 2. The van der Waals surface area contributed by atoms with Crippen LogP contribution < -0.4 is 5.73 Å². The Balaban J connectivity index is 2.18. The second-order valence-electron chi connectivity index (χ2n) is 3.92. The molecule has 0 bridgehead atoms. The van der Waals surface area contributed by atoms with Crippen LogP contribution in [0.5, 0.6) is 0 Å². The molecule has 86 valence electrons. The van der Waals surface area contributed by atoms with E-state index in [1.54, 1.807) is 23.1 Å². The molecule has 1 fully saturated rings. The molecule has 1 unspecified atom stereocenters. The minimum Gasteiger partial charge on any atom is -0.394 e. The van der Waals surface area contributed by atoms with E-state index in [2.05, 4.69) is 4.98 Å². The van der Waals surface area contributed by atoms with Crippen LogP contribution in [0.4, 0.5) is 5.82 Å². The van der Waals surface area contributed by atoms with E-state index in [-0.39, 0.29) is 18.6 Å². The second kappa shape index (κ2) is 4.49. The molecule has 5 nitrogen and oxygen atoms in total. The molecular formula is C11H15N3O2. The van der Waals surface area contributed by atoms with Crippen molar-refractivity contribution in [3.63, 3.8) is 0 Å². The normalized spacial score (nSPS) is 20.1. The summed E-state index contributed by atoms with van der Waals surface area (Å²) in [5.41, 5.74) is 5.88. The summed E-state index contributed by atoms with van der Waals surface area (Å²) >= 11 is 0. The van der Waals surface area contributed by atoms with Crippen LogP contribution in [0.15, 0.2) is 18.2 Å². The summed E-state index contributed by atoms with van der Waals surface area (Å²) in [6.07, 6.45) is 1.78. The minimum absolute atomic E-state index is 0.00799. The molecule has 0 radical (unpaired) electrons. The van der Waals surface area contributed by atoms with Gasteiger partial charge in [0, 0.05) is 6.54 Å². The fraction of sp³-hybridized carbons (Fsp3) is 0.455. The van der Waals surface area contributed by atoms with Crippen LogP contribution in [0.1, 0.15) is 23.3 Å². The van der Waals surface area contributed by atoms with E-state index in [1.165, 1.54) is 0 Å². The molecule has 3 N–H and O–H groups in total. The highest BCUT2D eigenvalue weighted by atomic mass is 16.3. The molecule has 1 amide bonds. The van der Waals surface area contributed by atoms with Gasteiger partial charge in [0.05, 0.1) is 12.6 Å². The number of hydrogen-bond donors (Lipinski definition) is 2. The molecule has 0 aromatic carbocycles. The molecule has 0 spiro atoms. The van der Waals surface area contributed by atoms with Crippen molar-refractivity contribution in [3.8, 4) is 0 Å². The van der Waals surface area contributed by atoms with Gasteiger partial charge >= 0.3 is 0 Å². The third-order valence-corrected chi connectivity index (χ3v) is 2.84. The second-order valence-corrected chi connectivity index (χ2v) is 3.92. The van der Waals surface area contributed by atoms with Gasteiger partial charge in [0.1, 0.15) is 11.5 Å². The maximum Gasteiger partial charge on any atom is 0.272 e. The number of nitrogen functional groups attached to an aromatic ring is 1. The number of aliphatic hydroxyl groups excluding tert-OH is 1. The Hall–Kier alpha value is -1.62. The third-order valence-electron chi connectivity index (χ3n) is 2.84. The zero-order valence-electron chi connectivity index (χ0n) is 8.97. The van der Waals surface area contributed by atoms with Crippen LogP contribution >= 0.6 is 0 Å². The van der Waals surface area contributed by atoms with E-state index in [0.717, 1.165) is 12.8 Å². The monoisotopic (exact) mass is 221 g/mol. The van der Waals surface area contributed by atoms with E-state index in [1.807, 2.05) is 0 Å². The predicted octanol–water partition coefficient (Wildman–Crippen LogP) is 0.261. The number of nitrogens with two attached hydrogens (primary N) is 1. The lowest BCUT2D eigenvalue weighted by atomic mass is 10.2. The highest BCUT2D eigenvalue weighted by molar-refractivity contribution is 5.93.